The Kier molecular flexibility index (Phi) is 3.56. The van der Waals surface area contributed by atoms with Crippen LogP contribution in [0.5, 0.6) is 0 Å². The van der Waals surface area contributed by atoms with Crippen molar-refractivity contribution >= 4 is 54.0 Å². The van der Waals surface area contributed by atoms with Gasteiger partial charge in [-0.25, -0.2) is 13.8 Å². The van der Waals surface area contributed by atoms with Gasteiger partial charge in [0.25, 0.3) is 0 Å². The Morgan fingerprint density at radius 3 is 2.56 bits per heavy atom. The Hall–Kier alpha value is -0.530. The first-order valence-corrected chi connectivity index (χ1v) is 6.55. The van der Waals surface area contributed by atoms with Crippen molar-refractivity contribution in [3.05, 3.63) is 38.2 Å². The number of aromatic nitrogens is 1. The van der Waals surface area contributed by atoms with Crippen LogP contribution in [0.3, 0.4) is 0 Å². The monoisotopic (exact) mass is 368 g/mol. The first-order valence-electron chi connectivity index (χ1n) is 4.09. The maximum absolute atomic E-state index is 13.4. The van der Waals surface area contributed by atoms with Crippen LogP contribution in [0.15, 0.2) is 26.6 Å². The minimum atomic E-state index is -0.542. The van der Waals surface area contributed by atoms with Gasteiger partial charge >= 0.3 is 0 Å². The van der Waals surface area contributed by atoms with Crippen LogP contribution in [0.1, 0.15) is 0 Å². The molecule has 0 aliphatic carbocycles. The van der Waals surface area contributed by atoms with Gasteiger partial charge in [-0.2, -0.15) is 0 Å². The van der Waals surface area contributed by atoms with E-state index >= 15 is 0 Å². The highest BCUT2D eigenvalue weighted by atomic mass is 79.9. The maximum Gasteiger partial charge on any atom is 0.188 e. The number of halogens is 4. The Morgan fingerprint density at radius 2 is 1.94 bits per heavy atom. The summed E-state index contributed by atoms with van der Waals surface area (Å²) in [6, 6.07) is 2.15. The number of benzene rings is 1. The predicted molar refractivity (Wildman–Crippen MR) is 67.2 cm³/mol. The maximum atomic E-state index is 13.4. The molecule has 7 heteroatoms. The fraction of sp³-hybridized carbons (Fsp3) is 0. The molecule has 0 unspecified atom stereocenters. The average Bonchev–Trinajstić information content (AvgIpc) is 2.60. The highest BCUT2D eigenvalue weighted by Crippen LogP contribution is 2.28. The first-order chi connectivity index (χ1) is 7.56. The summed E-state index contributed by atoms with van der Waals surface area (Å²) in [6.45, 7) is 0. The SMILES string of the molecule is Fc1cc(Nc2nc(Br)cs2)c(F)cc1Br. The number of hydrogen-bond donors (Lipinski definition) is 1. The van der Waals surface area contributed by atoms with Crippen LogP contribution < -0.4 is 5.32 Å². The molecule has 2 rings (SSSR count). The minimum Gasteiger partial charge on any atom is -0.329 e. The summed E-state index contributed by atoms with van der Waals surface area (Å²) in [5, 5.41) is 4.94. The summed E-state index contributed by atoms with van der Waals surface area (Å²) < 4.78 is 27.4. The average molecular weight is 370 g/mol. The van der Waals surface area contributed by atoms with Gasteiger partial charge in [-0.05, 0) is 37.9 Å². The van der Waals surface area contributed by atoms with Gasteiger partial charge in [0.15, 0.2) is 5.13 Å². The van der Waals surface area contributed by atoms with Crippen LogP contribution in [0, 0.1) is 11.6 Å². The highest BCUT2D eigenvalue weighted by molar-refractivity contribution is 9.10. The summed E-state index contributed by atoms with van der Waals surface area (Å²) in [4.78, 5) is 4.02. The number of rotatable bonds is 2. The minimum absolute atomic E-state index is 0.0579. The second kappa shape index (κ2) is 4.77. The molecule has 1 aromatic heterocycles. The van der Waals surface area contributed by atoms with E-state index in [9.17, 15) is 8.78 Å². The molecule has 0 aliphatic heterocycles. The van der Waals surface area contributed by atoms with Gasteiger partial charge in [0.2, 0.25) is 0 Å². The van der Waals surface area contributed by atoms with E-state index < -0.39 is 11.6 Å². The van der Waals surface area contributed by atoms with E-state index in [1.54, 1.807) is 5.38 Å². The van der Waals surface area contributed by atoms with Crippen molar-refractivity contribution in [2.75, 3.05) is 5.32 Å². The summed E-state index contributed by atoms with van der Waals surface area (Å²) in [5.41, 5.74) is 0.0579. The van der Waals surface area contributed by atoms with Gasteiger partial charge in [-0.1, -0.05) is 0 Å². The molecule has 0 radical (unpaired) electrons. The van der Waals surface area contributed by atoms with Crippen LogP contribution in [-0.4, -0.2) is 4.98 Å². The van der Waals surface area contributed by atoms with E-state index in [0.717, 1.165) is 12.1 Å². The van der Waals surface area contributed by atoms with Gasteiger partial charge in [0.05, 0.1) is 10.2 Å². The van der Waals surface area contributed by atoms with Crippen LogP contribution >= 0.6 is 43.2 Å². The molecule has 1 heterocycles. The summed E-state index contributed by atoms with van der Waals surface area (Å²) in [7, 11) is 0. The van der Waals surface area contributed by atoms with Crippen molar-refractivity contribution in [3.8, 4) is 0 Å². The standard InChI is InChI=1S/C9H4Br2F2N2S/c10-4-1-6(13)7(2-5(4)12)14-9-15-8(11)3-16-9/h1-3H,(H,14,15). The Morgan fingerprint density at radius 1 is 1.19 bits per heavy atom. The molecule has 0 atom stereocenters. The lowest BCUT2D eigenvalue weighted by atomic mass is 10.3. The van der Waals surface area contributed by atoms with Gasteiger partial charge in [0.1, 0.15) is 16.2 Å². The molecule has 2 aromatic rings. The predicted octanol–water partition coefficient (Wildman–Crippen LogP) is 4.69. The molecule has 16 heavy (non-hydrogen) atoms. The van der Waals surface area contributed by atoms with Crippen molar-refractivity contribution < 1.29 is 8.78 Å². The molecular weight excluding hydrogens is 366 g/mol. The topological polar surface area (TPSA) is 24.9 Å². The zero-order valence-electron chi connectivity index (χ0n) is 7.60. The van der Waals surface area contributed by atoms with E-state index in [0.29, 0.717) is 9.73 Å². The molecule has 0 fully saturated rings. The lowest BCUT2D eigenvalue weighted by Gasteiger charge is -2.05. The molecule has 2 nitrogen and oxygen atoms in total. The normalized spacial score (nSPS) is 10.5. The third-order valence-corrected chi connectivity index (χ3v) is 3.80. The molecule has 1 aromatic carbocycles. The van der Waals surface area contributed by atoms with Crippen molar-refractivity contribution in [1.29, 1.82) is 0 Å². The van der Waals surface area contributed by atoms with E-state index in [1.807, 2.05) is 0 Å². The fourth-order valence-corrected chi connectivity index (χ4v) is 2.52. The van der Waals surface area contributed by atoms with Crippen LogP contribution in [0.2, 0.25) is 0 Å². The van der Waals surface area contributed by atoms with Gasteiger partial charge in [-0.3, -0.25) is 0 Å². The van der Waals surface area contributed by atoms with E-state index in [4.69, 9.17) is 0 Å². The Balaban J connectivity index is 2.31. The number of nitrogens with one attached hydrogen (secondary N) is 1. The Labute approximate surface area is 111 Å². The molecule has 0 bridgehead atoms. The van der Waals surface area contributed by atoms with E-state index in [2.05, 4.69) is 42.2 Å². The second-order valence-corrected chi connectivity index (χ2v) is 5.37. The first kappa shape index (κ1) is 11.9. The van der Waals surface area contributed by atoms with Gasteiger partial charge in [-0.15, -0.1) is 11.3 Å². The lowest BCUT2D eigenvalue weighted by molar-refractivity contribution is 0.598. The third kappa shape index (κ3) is 2.58. The third-order valence-electron chi connectivity index (χ3n) is 1.73. The number of hydrogen-bond acceptors (Lipinski definition) is 3. The molecule has 0 amide bonds. The van der Waals surface area contributed by atoms with Crippen molar-refractivity contribution in [2.24, 2.45) is 0 Å². The zero-order chi connectivity index (χ0) is 11.7. The van der Waals surface area contributed by atoms with Crippen LogP contribution in [0.25, 0.3) is 0 Å². The molecule has 0 saturated heterocycles. The fourth-order valence-electron chi connectivity index (χ4n) is 1.05. The molecular formula is C9H4Br2F2N2S. The summed E-state index contributed by atoms with van der Waals surface area (Å²) >= 11 is 7.37. The highest BCUT2D eigenvalue weighted by Gasteiger charge is 2.09. The van der Waals surface area contributed by atoms with Gasteiger partial charge in [0, 0.05) is 11.4 Å². The van der Waals surface area contributed by atoms with Crippen molar-refractivity contribution in [3.63, 3.8) is 0 Å². The van der Waals surface area contributed by atoms with E-state index in [1.165, 1.54) is 11.3 Å². The lowest BCUT2D eigenvalue weighted by Crippen LogP contribution is -1.95. The van der Waals surface area contributed by atoms with Crippen LogP contribution in [0.4, 0.5) is 19.6 Å². The summed E-state index contributed by atoms with van der Waals surface area (Å²) in [5.74, 6) is -1.07. The molecule has 0 saturated carbocycles. The number of thiazole rings is 1. The van der Waals surface area contributed by atoms with Gasteiger partial charge < -0.3 is 5.32 Å². The zero-order valence-corrected chi connectivity index (χ0v) is 11.6. The van der Waals surface area contributed by atoms with Crippen molar-refractivity contribution in [1.82, 2.24) is 4.98 Å². The number of nitrogens with zero attached hydrogens (tertiary/aromatic N) is 1. The summed E-state index contributed by atoms with van der Waals surface area (Å²) in [6.07, 6.45) is 0. The quantitative estimate of drug-likeness (QED) is 0.776. The molecule has 1 N–H and O–H groups in total. The van der Waals surface area contributed by atoms with E-state index in [-0.39, 0.29) is 10.2 Å². The number of anilines is 2. The largest absolute Gasteiger partial charge is 0.329 e. The Bertz CT molecular complexity index is 530. The van der Waals surface area contributed by atoms with Crippen molar-refractivity contribution in [2.45, 2.75) is 0 Å². The molecule has 0 aliphatic rings. The second-order valence-electron chi connectivity index (χ2n) is 2.85. The molecule has 84 valence electrons. The van der Waals surface area contributed by atoms with Crippen LogP contribution in [-0.2, 0) is 0 Å². The molecule has 0 spiro atoms. The smallest absolute Gasteiger partial charge is 0.188 e.